The number of carbonyl (C=O) groups is 1. The number of hydrogen-bond acceptors (Lipinski definition) is 5. The van der Waals surface area contributed by atoms with Gasteiger partial charge in [0.15, 0.2) is 16.7 Å². The molecule has 3 aromatic carbocycles. The number of halogens is 1. The second-order valence-electron chi connectivity index (χ2n) is 9.34. The lowest BCUT2D eigenvalue weighted by molar-refractivity contribution is -0.124. The van der Waals surface area contributed by atoms with Crippen LogP contribution in [-0.4, -0.2) is 28.6 Å². The van der Waals surface area contributed by atoms with Crippen molar-refractivity contribution in [2.45, 2.75) is 51.7 Å². The predicted octanol–water partition coefficient (Wildman–Crippen LogP) is 7.74. The molecule has 5 nitrogen and oxygen atoms in total. The minimum Gasteiger partial charge on any atom is -0.490 e. The largest absolute Gasteiger partial charge is 0.490 e. The molecule has 1 heterocycles. The van der Waals surface area contributed by atoms with Crippen LogP contribution in [-0.2, 0) is 11.4 Å². The van der Waals surface area contributed by atoms with Gasteiger partial charge >= 0.3 is 0 Å². The lowest BCUT2D eigenvalue weighted by atomic mass is 9.94. The molecule has 1 saturated carbocycles. The molecular formula is C31H31FN2O3S. The number of nitrogens with zero attached hydrogens (tertiary/aromatic N) is 2. The Balaban J connectivity index is 1.43. The average Bonchev–Trinajstić information content (AvgIpc) is 3.24. The molecule has 1 aliphatic heterocycles. The molecule has 7 heteroatoms. The van der Waals surface area contributed by atoms with Crippen LogP contribution in [0.15, 0.2) is 82.7 Å². The van der Waals surface area contributed by atoms with E-state index in [1.165, 1.54) is 24.2 Å². The Morgan fingerprint density at radius 1 is 0.974 bits per heavy atom. The van der Waals surface area contributed by atoms with Crippen LogP contribution in [0.2, 0.25) is 0 Å². The van der Waals surface area contributed by atoms with E-state index in [0.29, 0.717) is 34.8 Å². The smallest absolute Gasteiger partial charge is 0.267 e. The third kappa shape index (κ3) is 6.10. The molecule has 2 aliphatic rings. The van der Waals surface area contributed by atoms with Crippen molar-refractivity contribution in [1.29, 1.82) is 0 Å². The first kappa shape index (κ1) is 26.0. The first-order valence-electron chi connectivity index (χ1n) is 13.1. The first-order chi connectivity index (χ1) is 18.6. The third-order valence-corrected chi connectivity index (χ3v) is 7.63. The van der Waals surface area contributed by atoms with Crippen LogP contribution >= 0.6 is 11.8 Å². The SMILES string of the molecule is CCOc1cc(/C=C2\SC(=Nc3ccccc3F)N(C3CCCCC3)C2=O)ccc1OCc1ccccc1. The lowest BCUT2D eigenvalue weighted by Gasteiger charge is -2.30. The summed E-state index contributed by atoms with van der Waals surface area (Å²) in [6, 6.07) is 22.1. The molecule has 2 fully saturated rings. The zero-order chi connectivity index (χ0) is 26.3. The molecule has 1 aliphatic carbocycles. The first-order valence-corrected chi connectivity index (χ1v) is 13.9. The Morgan fingerprint density at radius 3 is 2.50 bits per heavy atom. The summed E-state index contributed by atoms with van der Waals surface area (Å²) in [5, 5.41) is 0.533. The molecule has 0 atom stereocenters. The van der Waals surface area contributed by atoms with E-state index >= 15 is 0 Å². The van der Waals surface area contributed by atoms with E-state index in [9.17, 15) is 9.18 Å². The zero-order valence-electron chi connectivity index (χ0n) is 21.4. The summed E-state index contributed by atoms with van der Waals surface area (Å²) in [7, 11) is 0. The highest BCUT2D eigenvalue weighted by Crippen LogP contribution is 2.39. The molecule has 0 unspecified atom stereocenters. The van der Waals surface area contributed by atoms with Crippen LogP contribution in [0.3, 0.4) is 0 Å². The summed E-state index contributed by atoms with van der Waals surface area (Å²) in [5.41, 5.74) is 2.13. The number of rotatable bonds is 8. The molecular weight excluding hydrogens is 499 g/mol. The number of hydrogen-bond donors (Lipinski definition) is 0. The van der Waals surface area contributed by atoms with Crippen LogP contribution in [0.4, 0.5) is 10.1 Å². The van der Waals surface area contributed by atoms with Crippen LogP contribution in [0.25, 0.3) is 6.08 Å². The van der Waals surface area contributed by atoms with Gasteiger partial charge in [0.05, 0.1) is 11.5 Å². The number of aliphatic imine (C=N–C) groups is 1. The van der Waals surface area contributed by atoms with E-state index in [0.717, 1.165) is 36.8 Å². The third-order valence-electron chi connectivity index (χ3n) is 6.65. The molecule has 0 radical (unpaired) electrons. The van der Waals surface area contributed by atoms with Crippen LogP contribution in [0.1, 0.15) is 50.2 Å². The molecule has 0 aromatic heterocycles. The Kier molecular flexibility index (Phi) is 8.44. The van der Waals surface area contributed by atoms with Gasteiger partial charge in [-0.2, -0.15) is 0 Å². The summed E-state index contributed by atoms with van der Waals surface area (Å²) < 4.78 is 26.3. The van der Waals surface area contributed by atoms with Crippen molar-refractivity contribution < 1.29 is 18.7 Å². The highest BCUT2D eigenvalue weighted by atomic mass is 32.2. The van der Waals surface area contributed by atoms with Gasteiger partial charge in [0.1, 0.15) is 18.1 Å². The minimum atomic E-state index is -0.401. The molecule has 3 aromatic rings. The Labute approximate surface area is 227 Å². The number of carbonyl (C=O) groups excluding carboxylic acids is 1. The summed E-state index contributed by atoms with van der Waals surface area (Å²) in [4.78, 5) is 20.6. The number of thioether (sulfide) groups is 1. The topological polar surface area (TPSA) is 51.1 Å². The van der Waals surface area contributed by atoms with Crippen LogP contribution < -0.4 is 9.47 Å². The fourth-order valence-corrected chi connectivity index (χ4v) is 5.81. The maximum atomic E-state index is 14.4. The molecule has 0 spiro atoms. The van der Waals surface area contributed by atoms with E-state index in [-0.39, 0.29) is 17.6 Å². The summed E-state index contributed by atoms with van der Waals surface area (Å²) in [5.74, 6) is 0.785. The lowest BCUT2D eigenvalue weighted by Crippen LogP contribution is -2.40. The number of ether oxygens (including phenoxy) is 2. The zero-order valence-corrected chi connectivity index (χ0v) is 22.3. The van der Waals surface area contributed by atoms with Gasteiger partial charge < -0.3 is 9.47 Å². The maximum Gasteiger partial charge on any atom is 0.267 e. The minimum absolute atomic E-state index is 0.0768. The van der Waals surface area contributed by atoms with Crippen molar-refractivity contribution in [2.24, 2.45) is 4.99 Å². The monoisotopic (exact) mass is 530 g/mol. The van der Waals surface area contributed by atoms with E-state index in [4.69, 9.17) is 9.47 Å². The number of amides is 1. The Hall–Kier alpha value is -3.58. The van der Waals surface area contributed by atoms with E-state index in [2.05, 4.69) is 4.99 Å². The van der Waals surface area contributed by atoms with Gasteiger partial charge in [-0.05, 0) is 73.0 Å². The molecule has 0 N–H and O–H groups in total. The Bertz CT molecular complexity index is 1340. The van der Waals surface area contributed by atoms with Crippen molar-refractivity contribution in [3.8, 4) is 11.5 Å². The van der Waals surface area contributed by atoms with Gasteiger partial charge in [-0.15, -0.1) is 0 Å². The van der Waals surface area contributed by atoms with Gasteiger partial charge in [0, 0.05) is 6.04 Å². The maximum absolute atomic E-state index is 14.4. The van der Waals surface area contributed by atoms with Crippen LogP contribution in [0.5, 0.6) is 11.5 Å². The highest BCUT2D eigenvalue weighted by molar-refractivity contribution is 8.18. The molecule has 1 amide bonds. The quantitative estimate of drug-likeness (QED) is 0.280. The van der Waals surface area contributed by atoms with Crippen molar-refractivity contribution in [1.82, 2.24) is 4.90 Å². The normalized spacial score (nSPS) is 18.4. The van der Waals surface area contributed by atoms with Crippen molar-refractivity contribution in [2.75, 3.05) is 6.61 Å². The number of benzene rings is 3. The van der Waals surface area contributed by atoms with Gasteiger partial charge in [-0.1, -0.05) is 67.8 Å². The highest BCUT2D eigenvalue weighted by Gasteiger charge is 2.38. The second-order valence-corrected chi connectivity index (χ2v) is 10.3. The van der Waals surface area contributed by atoms with Crippen molar-refractivity contribution in [3.63, 3.8) is 0 Å². The summed E-state index contributed by atoms with van der Waals surface area (Å²) >= 11 is 1.30. The van der Waals surface area contributed by atoms with Gasteiger partial charge in [0.2, 0.25) is 0 Å². The second kappa shape index (κ2) is 12.3. The molecule has 5 rings (SSSR count). The van der Waals surface area contributed by atoms with Gasteiger partial charge in [-0.3, -0.25) is 9.69 Å². The molecule has 1 saturated heterocycles. The van der Waals surface area contributed by atoms with Crippen molar-refractivity contribution >= 4 is 34.6 Å². The Morgan fingerprint density at radius 2 is 1.74 bits per heavy atom. The van der Waals surface area contributed by atoms with E-state index in [1.54, 1.807) is 23.1 Å². The summed E-state index contributed by atoms with van der Waals surface area (Å²) in [6.07, 6.45) is 7.04. The van der Waals surface area contributed by atoms with Crippen LogP contribution in [0, 0.1) is 5.82 Å². The fourth-order valence-electron chi connectivity index (χ4n) is 4.76. The predicted molar refractivity (Wildman–Crippen MR) is 151 cm³/mol. The van der Waals surface area contributed by atoms with E-state index < -0.39 is 5.82 Å². The number of amidine groups is 1. The molecule has 196 valence electrons. The average molecular weight is 531 g/mol. The molecule has 38 heavy (non-hydrogen) atoms. The van der Waals surface area contributed by atoms with Crippen molar-refractivity contribution in [3.05, 3.63) is 94.6 Å². The van der Waals surface area contributed by atoms with Gasteiger partial charge in [0.25, 0.3) is 5.91 Å². The molecule has 0 bridgehead atoms. The summed E-state index contributed by atoms with van der Waals surface area (Å²) in [6.45, 7) is 2.85. The standard InChI is InChI=1S/C31H31FN2O3S/c1-2-36-28-19-23(17-18-27(28)37-21-22-11-5-3-6-12-22)20-29-30(35)34(24-13-7-4-8-14-24)31(38-29)33-26-16-10-9-15-25(26)32/h3,5-6,9-12,15-20,24H,2,4,7-8,13-14,21H2,1H3/b29-20-,33-31?. The van der Waals surface area contributed by atoms with E-state index in [1.807, 2.05) is 61.5 Å². The van der Waals surface area contributed by atoms with Gasteiger partial charge in [-0.25, -0.2) is 9.38 Å². The fraction of sp³-hybridized carbons (Fsp3) is 0.290. The number of para-hydroxylation sites is 1.